The van der Waals surface area contributed by atoms with E-state index in [0.29, 0.717) is 11.1 Å². The molecule has 2 aliphatic rings. The molecular weight excluding hydrogens is 439 g/mol. The third-order valence-electron chi connectivity index (χ3n) is 8.03. The third-order valence-corrected chi connectivity index (χ3v) is 8.03. The van der Waals surface area contributed by atoms with E-state index < -0.39 is 23.4 Å². The highest BCUT2D eigenvalue weighted by molar-refractivity contribution is 5.48. The predicted octanol–water partition coefficient (Wildman–Crippen LogP) is 6.16. The molecule has 3 aromatic rings. The van der Waals surface area contributed by atoms with Crippen molar-refractivity contribution in [1.29, 1.82) is 0 Å². The minimum atomic E-state index is -4.46. The van der Waals surface area contributed by atoms with Gasteiger partial charge in [0.25, 0.3) is 5.56 Å². The number of aromatic nitrogens is 2. The predicted molar refractivity (Wildman–Crippen MR) is 114 cm³/mol. The van der Waals surface area contributed by atoms with Gasteiger partial charge in [-0.25, -0.2) is 13.5 Å². The van der Waals surface area contributed by atoms with Crippen LogP contribution in [-0.4, -0.2) is 9.36 Å². The number of benzene rings is 2. The van der Waals surface area contributed by atoms with E-state index in [4.69, 9.17) is 0 Å². The molecule has 33 heavy (non-hydrogen) atoms. The van der Waals surface area contributed by atoms with E-state index in [0.717, 1.165) is 42.8 Å². The molecule has 0 saturated heterocycles. The molecule has 1 heterocycles. The van der Waals surface area contributed by atoms with Gasteiger partial charge in [0.05, 0.1) is 17.8 Å². The summed E-state index contributed by atoms with van der Waals surface area (Å²) in [7, 11) is 0. The summed E-state index contributed by atoms with van der Waals surface area (Å²) in [6, 6.07) is 7.77. The van der Waals surface area contributed by atoms with Crippen molar-refractivity contribution in [3.8, 4) is 5.69 Å². The van der Waals surface area contributed by atoms with Gasteiger partial charge in [-0.2, -0.15) is 13.2 Å². The average molecular weight is 462 g/mol. The summed E-state index contributed by atoms with van der Waals surface area (Å²) in [5.74, 6) is -1.64. The van der Waals surface area contributed by atoms with Gasteiger partial charge in [0, 0.05) is 17.0 Å². The summed E-state index contributed by atoms with van der Waals surface area (Å²) in [5.41, 5.74) is 0.201. The van der Waals surface area contributed by atoms with Crippen LogP contribution < -0.4 is 5.56 Å². The normalized spacial score (nSPS) is 23.2. The lowest BCUT2D eigenvalue weighted by Crippen LogP contribution is -2.36. The molecule has 3 nitrogen and oxygen atoms in total. The van der Waals surface area contributed by atoms with Crippen molar-refractivity contribution in [2.75, 3.05) is 0 Å². The average Bonchev–Trinajstić information content (AvgIpc) is 3.20. The smallest absolute Gasteiger partial charge is 0.277 e. The van der Waals surface area contributed by atoms with Crippen LogP contribution in [0.15, 0.2) is 47.3 Å². The molecule has 2 aromatic carbocycles. The monoisotopic (exact) mass is 462 g/mol. The zero-order chi connectivity index (χ0) is 23.9. The summed E-state index contributed by atoms with van der Waals surface area (Å²) in [6.07, 6.45) is -2.77. The molecule has 2 atom stereocenters. The molecule has 0 N–H and O–H groups in total. The van der Waals surface area contributed by atoms with Crippen LogP contribution in [0.3, 0.4) is 0 Å². The molecule has 1 saturated carbocycles. The number of hydrogen-bond acceptors (Lipinski definition) is 1. The molecule has 0 radical (unpaired) electrons. The van der Waals surface area contributed by atoms with E-state index in [1.165, 1.54) is 22.9 Å². The number of fused-ring (bicyclic) bond motifs is 5. The molecule has 2 unspecified atom stereocenters. The Morgan fingerprint density at radius 3 is 2.30 bits per heavy atom. The lowest BCUT2D eigenvalue weighted by atomic mass is 9.70. The van der Waals surface area contributed by atoms with Crippen molar-refractivity contribution in [2.45, 2.75) is 57.7 Å². The van der Waals surface area contributed by atoms with E-state index in [1.807, 2.05) is 0 Å². The summed E-state index contributed by atoms with van der Waals surface area (Å²) in [6.45, 7) is 6.41. The number of hydrogen-bond donors (Lipinski definition) is 0. The van der Waals surface area contributed by atoms with Crippen molar-refractivity contribution < 1.29 is 22.0 Å². The molecule has 1 aromatic heterocycles. The largest absolute Gasteiger partial charge is 0.416 e. The Balaban J connectivity index is 1.72. The van der Waals surface area contributed by atoms with Gasteiger partial charge in [0.2, 0.25) is 0 Å². The van der Waals surface area contributed by atoms with Gasteiger partial charge < -0.3 is 0 Å². The molecule has 0 amide bonds. The van der Waals surface area contributed by atoms with Crippen LogP contribution in [0.4, 0.5) is 22.0 Å². The van der Waals surface area contributed by atoms with E-state index in [2.05, 4.69) is 20.8 Å². The second kappa shape index (κ2) is 6.81. The van der Waals surface area contributed by atoms with E-state index in [9.17, 15) is 26.7 Å². The zero-order valence-electron chi connectivity index (χ0n) is 18.4. The molecule has 174 valence electrons. The fourth-order valence-corrected chi connectivity index (χ4v) is 5.90. The molecule has 0 spiro atoms. The first-order chi connectivity index (χ1) is 15.4. The third kappa shape index (κ3) is 2.95. The maximum absolute atomic E-state index is 14.8. The molecule has 5 rings (SSSR count). The fourth-order valence-electron chi connectivity index (χ4n) is 5.90. The first-order valence-electron chi connectivity index (χ1n) is 10.8. The van der Waals surface area contributed by atoms with Crippen LogP contribution in [0.2, 0.25) is 0 Å². The van der Waals surface area contributed by atoms with Crippen LogP contribution in [0, 0.1) is 17.0 Å². The van der Waals surface area contributed by atoms with Gasteiger partial charge >= 0.3 is 6.18 Å². The van der Waals surface area contributed by atoms with Gasteiger partial charge in [-0.05, 0) is 54.0 Å². The first-order valence-corrected chi connectivity index (χ1v) is 10.8. The van der Waals surface area contributed by atoms with Gasteiger partial charge in [0.15, 0.2) is 5.82 Å². The summed E-state index contributed by atoms with van der Waals surface area (Å²) < 4.78 is 70.3. The van der Waals surface area contributed by atoms with Crippen molar-refractivity contribution >= 4 is 0 Å². The van der Waals surface area contributed by atoms with Gasteiger partial charge in [-0.1, -0.05) is 32.9 Å². The number of alkyl halides is 3. The van der Waals surface area contributed by atoms with Crippen molar-refractivity contribution in [3.05, 3.63) is 86.8 Å². The first kappa shape index (κ1) is 21.9. The van der Waals surface area contributed by atoms with Crippen LogP contribution in [0.1, 0.15) is 61.9 Å². The van der Waals surface area contributed by atoms with E-state index in [1.54, 1.807) is 4.68 Å². The number of nitrogens with zero attached hydrogens (tertiary/aromatic N) is 2. The quantitative estimate of drug-likeness (QED) is 0.429. The Morgan fingerprint density at radius 2 is 1.70 bits per heavy atom. The Labute approximate surface area is 187 Å². The van der Waals surface area contributed by atoms with Gasteiger partial charge in [-0.3, -0.25) is 9.48 Å². The zero-order valence-corrected chi connectivity index (χ0v) is 18.4. The van der Waals surface area contributed by atoms with Crippen LogP contribution in [0.5, 0.6) is 0 Å². The van der Waals surface area contributed by atoms with Gasteiger partial charge in [-0.15, -0.1) is 0 Å². The molecular formula is C25H23F5N2O. The Bertz CT molecular complexity index is 1320. The molecule has 2 bridgehead atoms. The van der Waals surface area contributed by atoms with Crippen molar-refractivity contribution in [3.63, 3.8) is 0 Å². The van der Waals surface area contributed by atoms with Crippen molar-refractivity contribution in [2.24, 2.45) is 5.41 Å². The highest BCUT2D eigenvalue weighted by Crippen LogP contribution is 2.67. The number of rotatable bonds is 3. The number of halogens is 5. The van der Waals surface area contributed by atoms with Crippen LogP contribution >= 0.6 is 0 Å². The minimum absolute atomic E-state index is 0.00591. The molecule has 8 heteroatoms. The van der Waals surface area contributed by atoms with Crippen LogP contribution in [0.25, 0.3) is 5.69 Å². The summed E-state index contributed by atoms with van der Waals surface area (Å²) in [5, 5.41) is 0. The maximum atomic E-state index is 14.8. The fraction of sp³-hybridized carbons (Fsp3) is 0.400. The molecule has 0 aliphatic heterocycles. The Kier molecular flexibility index (Phi) is 4.52. The molecule has 1 fully saturated rings. The topological polar surface area (TPSA) is 26.9 Å². The minimum Gasteiger partial charge on any atom is -0.277 e. The second-order valence-corrected chi connectivity index (χ2v) is 9.87. The van der Waals surface area contributed by atoms with E-state index >= 15 is 0 Å². The van der Waals surface area contributed by atoms with Crippen LogP contribution in [-0.2, 0) is 18.1 Å². The Morgan fingerprint density at radius 1 is 1.03 bits per heavy atom. The second-order valence-electron chi connectivity index (χ2n) is 9.87. The van der Waals surface area contributed by atoms with Gasteiger partial charge in [0.1, 0.15) is 11.5 Å². The molecule has 2 aliphatic carbocycles. The highest BCUT2D eigenvalue weighted by Gasteiger charge is 2.62. The van der Waals surface area contributed by atoms with Crippen molar-refractivity contribution in [1.82, 2.24) is 9.36 Å². The summed E-state index contributed by atoms with van der Waals surface area (Å²) in [4.78, 5) is 13.6. The SMILES string of the molecule is CC12CCC(c3c1n(Cc1ccc(C(F)(F)F)cc1)n(-c1ccc(F)cc1F)c3=O)C2(C)C. The standard InChI is InChI=1S/C25H23F5N2O/c1-23(2)17-10-11-24(23,3)21-20(17)22(33)32(19-9-8-16(26)12-18(19)27)31(21)13-14-4-6-15(7-5-14)25(28,29)30/h4-9,12,17H,10-11,13H2,1-3H3. The maximum Gasteiger partial charge on any atom is 0.416 e. The lowest BCUT2D eigenvalue weighted by Gasteiger charge is -2.36. The van der Waals surface area contributed by atoms with E-state index in [-0.39, 0.29) is 34.5 Å². The summed E-state index contributed by atoms with van der Waals surface area (Å²) >= 11 is 0. The highest BCUT2D eigenvalue weighted by atomic mass is 19.4. The lowest BCUT2D eigenvalue weighted by molar-refractivity contribution is -0.137. The Hall–Kier alpha value is -2.90.